The third kappa shape index (κ3) is 4.76. The Kier molecular flexibility index (Phi) is 5.89. The predicted molar refractivity (Wildman–Crippen MR) is 104 cm³/mol. The molecule has 0 saturated heterocycles. The number of methoxy groups -OCH3 is 2. The maximum Gasteiger partial charge on any atom is 0.244 e. The van der Waals surface area contributed by atoms with Gasteiger partial charge in [-0.1, -0.05) is 18.2 Å². The van der Waals surface area contributed by atoms with Gasteiger partial charge in [0.25, 0.3) is 0 Å². The molecule has 6 nitrogen and oxygen atoms in total. The van der Waals surface area contributed by atoms with Gasteiger partial charge in [0, 0.05) is 29.9 Å². The number of hydrogen-bond acceptors (Lipinski definition) is 4. The van der Waals surface area contributed by atoms with E-state index in [1.165, 1.54) is 6.08 Å². The van der Waals surface area contributed by atoms with E-state index >= 15 is 0 Å². The molecule has 0 aliphatic heterocycles. The van der Waals surface area contributed by atoms with Gasteiger partial charge in [-0.15, -0.1) is 0 Å². The standard InChI is InChI=1S/C21H21N3O3/c1-26-19-9-10-20(27-2)17(12-19)14-22-21(25)11-8-16-13-23-24(15-16)18-6-4-3-5-7-18/h3-13,15H,14H2,1-2H3,(H,22,25)/b11-8+. The number of ether oxygens (including phenoxy) is 2. The van der Waals surface area contributed by atoms with E-state index < -0.39 is 0 Å². The number of hydrogen-bond donors (Lipinski definition) is 1. The first kappa shape index (κ1) is 18.3. The first-order valence-electron chi connectivity index (χ1n) is 8.46. The minimum Gasteiger partial charge on any atom is -0.497 e. The van der Waals surface area contributed by atoms with Crippen molar-refractivity contribution < 1.29 is 14.3 Å². The number of carbonyl (C=O) groups excluding carboxylic acids is 1. The Morgan fingerprint density at radius 3 is 2.70 bits per heavy atom. The first-order chi connectivity index (χ1) is 13.2. The van der Waals surface area contributed by atoms with E-state index in [2.05, 4.69) is 10.4 Å². The Morgan fingerprint density at radius 1 is 1.15 bits per heavy atom. The largest absolute Gasteiger partial charge is 0.497 e. The maximum absolute atomic E-state index is 12.1. The summed E-state index contributed by atoms with van der Waals surface area (Å²) in [4.78, 5) is 12.1. The van der Waals surface area contributed by atoms with E-state index in [1.54, 1.807) is 31.2 Å². The van der Waals surface area contributed by atoms with Gasteiger partial charge in [0.15, 0.2) is 0 Å². The Hall–Kier alpha value is -3.54. The Labute approximate surface area is 158 Å². The van der Waals surface area contributed by atoms with Crippen molar-refractivity contribution in [3.63, 3.8) is 0 Å². The van der Waals surface area contributed by atoms with E-state index in [1.807, 2.05) is 54.7 Å². The van der Waals surface area contributed by atoms with Crippen LogP contribution in [-0.2, 0) is 11.3 Å². The summed E-state index contributed by atoms with van der Waals surface area (Å²) >= 11 is 0. The van der Waals surface area contributed by atoms with Crippen LogP contribution in [0.1, 0.15) is 11.1 Å². The van der Waals surface area contributed by atoms with Gasteiger partial charge in [-0.25, -0.2) is 4.68 Å². The van der Waals surface area contributed by atoms with Crippen molar-refractivity contribution >= 4 is 12.0 Å². The molecule has 0 spiro atoms. The quantitative estimate of drug-likeness (QED) is 0.655. The number of para-hydroxylation sites is 1. The molecule has 0 atom stereocenters. The number of amides is 1. The molecule has 6 heteroatoms. The molecule has 0 fully saturated rings. The van der Waals surface area contributed by atoms with Crippen molar-refractivity contribution in [2.45, 2.75) is 6.54 Å². The minimum atomic E-state index is -0.202. The zero-order chi connectivity index (χ0) is 19.1. The zero-order valence-electron chi connectivity index (χ0n) is 15.3. The number of nitrogens with zero attached hydrogens (tertiary/aromatic N) is 2. The minimum absolute atomic E-state index is 0.202. The van der Waals surface area contributed by atoms with E-state index in [0.29, 0.717) is 18.0 Å². The molecule has 0 aliphatic carbocycles. The van der Waals surface area contributed by atoms with Crippen LogP contribution < -0.4 is 14.8 Å². The fraction of sp³-hybridized carbons (Fsp3) is 0.143. The summed E-state index contributed by atoms with van der Waals surface area (Å²) < 4.78 is 12.3. The molecule has 0 bridgehead atoms. The molecule has 0 saturated carbocycles. The fourth-order valence-electron chi connectivity index (χ4n) is 2.58. The number of nitrogens with one attached hydrogen (secondary N) is 1. The monoisotopic (exact) mass is 363 g/mol. The topological polar surface area (TPSA) is 65.4 Å². The van der Waals surface area contributed by atoms with E-state index in [-0.39, 0.29) is 5.91 Å². The van der Waals surface area contributed by atoms with Gasteiger partial charge in [-0.05, 0) is 36.4 Å². The van der Waals surface area contributed by atoms with Crippen LogP contribution in [0.15, 0.2) is 67.0 Å². The molecule has 138 valence electrons. The molecule has 3 rings (SSSR count). The smallest absolute Gasteiger partial charge is 0.244 e. The van der Waals surface area contributed by atoms with Crippen LogP contribution in [0.2, 0.25) is 0 Å². The van der Waals surface area contributed by atoms with Gasteiger partial charge >= 0.3 is 0 Å². The predicted octanol–water partition coefficient (Wildman–Crippen LogP) is 3.22. The maximum atomic E-state index is 12.1. The summed E-state index contributed by atoms with van der Waals surface area (Å²) in [5, 5.41) is 7.15. The summed E-state index contributed by atoms with van der Waals surface area (Å²) in [6, 6.07) is 15.3. The number of benzene rings is 2. The molecule has 1 aromatic heterocycles. The van der Waals surface area contributed by atoms with Crippen molar-refractivity contribution in [1.29, 1.82) is 0 Å². The molecule has 0 aliphatic rings. The van der Waals surface area contributed by atoms with Crippen LogP contribution >= 0.6 is 0 Å². The fourth-order valence-corrected chi connectivity index (χ4v) is 2.58. The molecular formula is C21H21N3O3. The van der Waals surface area contributed by atoms with Crippen molar-refractivity contribution in [1.82, 2.24) is 15.1 Å². The lowest BCUT2D eigenvalue weighted by atomic mass is 10.2. The highest BCUT2D eigenvalue weighted by atomic mass is 16.5. The molecule has 1 amide bonds. The van der Waals surface area contributed by atoms with Gasteiger partial charge in [0.05, 0.1) is 26.1 Å². The lowest BCUT2D eigenvalue weighted by Crippen LogP contribution is -2.20. The highest BCUT2D eigenvalue weighted by Gasteiger charge is 2.06. The highest BCUT2D eigenvalue weighted by Crippen LogP contribution is 2.23. The summed E-state index contributed by atoms with van der Waals surface area (Å²) in [5.41, 5.74) is 2.65. The van der Waals surface area contributed by atoms with Crippen LogP contribution in [0.5, 0.6) is 11.5 Å². The Morgan fingerprint density at radius 2 is 1.96 bits per heavy atom. The average molecular weight is 363 g/mol. The first-order valence-corrected chi connectivity index (χ1v) is 8.46. The second kappa shape index (κ2) is 8.71. The third-order valence-electron chi connectivity index (χ3n) is 3.99. The average Bonchev–Trinajstić information content (AvgIpc) is 3.20. The number of rotatable bonds is 7. The second-order valence-corrected chi connectivity index (χ2v) is 5.78. The molecule has 3 aromatic rings. The van der Waals surface area contributed by atoms with Crippen LogP contribution in [0.3, 0.4) is 0 Å². The van der Waals surface area contributed by atoms with Gasteiger partial charge in [0.1, 0.15) is 11.5 Å². The highest BCUT2D eigenvalue weighted by molar-refractivity contribution is 5.91. The van der Waals surface area contributed by atoms with Crippen molar-refractivity contribution in [2.24, 2.45) is 0 Å². The third-order valence-corrected chi connectivity index (χ3v) is 3.99. The number of carbonyl (C=O) groups is 1. The van der Waals surface area contributed by atoms with Crippen LogP contribution in [0.25, 0.3) is 11.8 Å². The molecule has 27 heavy (non-hydrogen) atoms. The molecule has 0 radical (unpaired) electrons. The van der Waals surface area contributed by atoms with Gasteiger partial charge in [0.2, 0.25) is 5.91 Å². The zero-order valence-corrected chi connectivity index (χ0v) is 15.3. The van der Waals surface area contributed by atoms with E-state index in [4.69, 9.17) is 9.47 Å². The molecule has 0 unspecified atom stereocenters. The summed E-state index contributed by atoms with van der Waals surface area (Å²) in [5.74, 6) is 1.21. The molecule has 2 aromatic carbocycles. The number of aromatic nitrogens is 2. The summed E-state index contributed by atoms with van der Waals surface area (Å²) in [6.45, 7) is 0.340. The van der Waals surface area contributed by atoms with Crippen molar-refractivity contribution in [2.75, 3.05) is 14.2 Å². The van der Waals surface area contributed by atoms with Crippen molar-refractivity contribution in [3.8, 4) is 17.2 Å². The normalized spacial score (nSPS) is 10.7. The second-order valence-electron chi connectivity index (χ2n) is 5.78. The Bertz CT molecular complexity index is 933. The summed E-state index contributed by atoms with van der Waals surface area (Å²) in [6.07, 6.45) is 6.79. The lowest BCUT2D eigenvalue weighted by molar-refractivity contribution is -0.116. The van der Waals surface area contributed by atoms with Gasteiger partial charge < -0.3 is 14.8 Å². The molecular weight excluding hydrogens is 342 g/mol. The summed E-state index contributed by atoms with van der Waals surface area (Å²) in [7, 11) is 3.19. The van der Waals surface area contributed by atoms with Crippen LogP contribution in [0.4, 0.5) is 0 Å². The lowest BCUT2D eigenvalue weighted by Gasteiger charge is -2.10. The van der Waals surface area contributed by atoms with Crippen LogP contribution in [-0.4, -0.2) is 29.9 Å². The van der Waals surface area contributed by atoms with Crippen molar-refractivity contribution in [3.05, 3.63) is 78.1 Å². The van der Waals surface area contributed by atoms with Gasteiger partial charge in [-0.2, -0.15) is 5.10 Å². The SMILES string of the molecule is COc1ccc(OC)c(CNC(=O)/C=C/c2cnn(-c3ccccc3)c2)c1. The van der Waals surface area contributed by atoms with E-state index in [9.17, 15) is 4.79 Å². The van der Waals surface area contributed by atoms with Crippen LogP contribution in [0, 0.1) is 0 Å². The Balaban J connectivity index is 1.61. The van der Waals surface area contributed by atoms with E-state index in [0.717, 1.165) is 16.8 Å². The van der Waals surface area contributed by atoms with Gasteiger partial charge in [-0.3, -0.25) is 4.79 Å². The molecule has 1 heterocycles. The molecule has 1 N–H and O–H groups in total.